The summed E-state index contributed by atoms with van der Waals surface area (Å²) < 4.78 is 0. The van der Waals surface area contributed by atoms with E-state index < -0.39 is 0 Å². The van der Waals surface area contributed by atoms with E-state index in [1.54, 1.807) is 29.2 Å². The average Bonchev–Trinajstić information content (AvgIpc) is 3.01. The van der Waals surface area contributed by atoms with Gasteiger partial charge in [-0.3, -0.25) is 9.59 Å². The standard InChI is InChI=1S/C30H25ClN2O2/c1-19-7-8-20(2)27(15-19)29(34)32-26-12-9-21(10-13-26)30(35)33-18-23-6-4-3-5-22(23)16-24-17-25(31)11-14-28(24)33/h3-15,17H,16,18H2,1-2H3,(H,32,34). The molecule has 0 unspecified atom stereocenters. The van der Waals surface area contributed by atoms with Crippen molar-refractivity contribution in [3.05, 3.63) is 129 Å². The fraction of sp³-hybridized carbons (Fsp3) is 0.133. The second-order valence-corrected chi connectivity index (χ2v) is 9.40. The zero-order valence-electron chi connectivity index (χ0n) is 19.6. The fourth-order valence-electron chi connectivity index (χ4n) is 4.52. The largest absolute Gasteiger partial charge is 0.322 e. The van der Waals surface area contributed by atoms with Crippen LogP contribution in [-0.2, 0) is 13.0 Å². The molecule has 1 heterocycles. The minimum Gasteiger partial charge on any atom is -0.322 e. The molecule has 2 amide bonds. The van der Waals surface area contributed by atoms with Crippen molar-refractivity contribution in [2.45, 2.75) is 26.8 Å². The Balaban J connectivity index is 1.41. The van der Waals surface area contributed by atoms with E-state index in [1.165, 1.54) is 5.56 Å². The summed E-state index contributed by atoms with van der Waals surface area (Å²) >= 11 is 6.28. The van der Waals surface area contributed by atoms with Gasteiger partial charge in [-0.2, -0.15) is 0 Å². The van der Waals surface area contributed by atoms with Gasteiger partial charge in [0.2, 0.25) is 0 Å². The summed E-state index contributed by atoms with van der Waals surface area (Å²) in [4.78, 5) is 28.2. The number of hydrogen-bond donors (Lipinski definition) is 1. The molecular weight excluding hydrogens is 456 g/mol. The predicted octanol–water partition coefficient (Wildman–Crippen LogP) is 6.96. The highest BCUT2D eigenvalue weighted by Crippen LogP contribution is 2.33. The lowest BCUT2D eigenvalue weighted by atomic mass is 10.0. The highest BCUT2D eigenvalue weighted by molar-refractivity contribution is 6.30. The molecule has 1 aliphatic rings. The normalized spacial score (nSPS) is 12.4. The van der Waals surface area contributed by atoms with E-state index in [0.29, 0.717) is 28.4 Å². The van der Waals surface area contributed by atoms with Crippen molar-refractivity contribution in [2.24, 2.45) is 0 Å². The molecule has 0 spiro atoms. The molecule has 0 radical (unpaired) electrons. The van der Waals surface area contributed by atoms with Crippen molar-refractivity contribution < 1.29 is 9.59 Å². The van der Waals surface area contributed by atoms with Gasteiger partial charge in [-0.15, -0.1) is 0 Å². The molecule has 5 heteroatoms. The monoisotopic (exact) mass is 480 g/mol. The third-order valence-electron chi connectivity index (χ3n) is 6.43. The number of nitrogens with one attached hydrogen (secondary N) is 1. The summed E-state index contributed by atoms with van der Waals surface area (Å²) in [5, 5.41) is 3.59. The van der Waals surface area contributed by atoms with Crippen LogP contribution in [0.5, 0.6) is 0 Å². The maximum atomic E-state index is 13.7. The SMILES string of the molecule is Cc1ccc(C)c(C(=O)Nc2ccc(C(=O)N3Cc4ccccc4Cc4cc(Cl)ccc43)cc2)c1. The summed E-state index contributed by atoms with van der Waals surface area (Å²) in [6, 6.07) is 26.7. The van der Waals surface area contributed by atoms with Crippen molar-refractivity contribution in [2.75, 3.05) is 10.2 Å². The van der Waals surface area contributed by atoms with Crippen molar-refractivity contribution in [1.82, 2.24) is 0 Å². The number of anilines is 2. The zero-order valence-corrected chi connectivity index (χ0v) is 20.4. The third-order valence-corrected chi connectivity index (χ3v) is 6.67. The van der Waals surface area contributed by atoms with Crippen LogP contribution in [0.3, 0.4) is 0 Å². The predicted molar refractivity (Wildman–Crippen MR) is 142 cm³/mol. The first kappa shape index (κ1) is 22.9. The van der Waals surface area contributed by atoms with Gasteiger partial charge in [-0.25, -0.2) is 0 Å². The van der Waals surface area contributed by atoms with Crippen LogP contribution >= 0.6 is 11.6 Å². The highest BCUT2D eigenvalue weighted by Gasteiger charge is 2.25. The molecular formula is C30H25ClN2O2. The fourth-order valence-corrected chi connectivity index (χ4v) is 4.71. The maximum absolute atomic E-state index is 13.7. The first-order valence-corrected chi connectivity index (χ1v) is 11.9. The smallest absolute Gasteiger partial charge is 0.258 e. The van der Waals surface area contributed by atoms with Crippen LogP contribution in [0, 0.1) is 13.8 Å². The number of carbonyl (C=O) groups excluding carboxylic acids is 2. The molecule has 0 saturated carbocycles. The highest BCUT2D eigenvalue weighted by atomic mass is 35.5. The molecule has 0 atom stereocenters. The van der Waals surface area contributed by atoms with E-state index >= 15 is 0 Å². The van der Waals surface area contributed by atoms with Gasteiger partial charge in [0.1, 0.15) is 0 Å². The topological polar surface area (TPSA) is 49.4 Å². The number of halogens is 1. The number of carbonyl (C=O) groups is 2. The van der Waals surface area contributed by atoms with Crippen molar-refractivity contribution in [3.63, 3.8) is 0 Å². The van der Waals surface area contributed by atoms with Crippen LogP contribution in [0.25, 0.3) is 0 Å². The van der Waals surface area contributed by atoms with Gasteiger partial charge < -0.3 is 10.2 Å². The minimum atomic E-state index is -0.166. The molecule has 4 nitrogen and oxygen atoms in total. The molecule has 174 valence electrons. The Morgan fingerprint density at radius 1 is 0.829 bits per heavy atom. The van der Waals surface area contributed by atoms with Crippen LogP contribution in [0.1, 0.15) is 48.5 Å². The van der Waals surface area contributed by atoms with Crippen molar-refractivity contribution in [3.8, 4) is 0 Å². The molecule has 0 saturated heterocycles. The van der Waals surface area contributed by atoms with Gasteiger partial charge in [-0.1, -0.05) is 53.6 Å². The first-order valence-electron chi connectivity index (χ1n) is 11.5. The summed E-state index contributed by atoms with van der Waals surface area (Å²) in [6.45, 7) is 4.36. The van der Waals surface area contributed by atoms with Gasteiger partial charge in [0.25, 0.3) is 11.8 Å². The Hall–Kier alpha value is -3.89. The third kappa shape index (κ3) is 4.71. The molecule has 0 aromatic heterocycles. The van der Waals surface area contributed by atoms with E-state index in [9.17, 15) is 9.59 Å². The molecule has 1 N–H and O–H groups in total. The second-order valence-electron chi connectivity index (χ2n) is 8.96. The lowest BCUT2D eigenvalue weighted by molar-refractivity contribution is 0.0984. The number of rotatable bonds is 3. The van der Waals surface area contributed by atoms with E-state index in [-0.39, 0.29) is 11.8 Å². The van der Waals surface area contributed by atoms with Gasteiger partial charge in [0.05, 0.1) is 6.54 Å². The summed E-state index contributed by atoms with van der Waals surface area (Å²) in [6.07, 6.45) is 0.721. The van der Waals surface area contributed by atoms with Gasteiger partial charge in [-0.05, 0) is 91.1 Å². The van der Waals surface area contributed by atoms with Crippen LogP contribution < -0.4 is 10.2 Å². The molecule has 1 aliphatic heterocycles. The number of nitrogens with zero attached hydrogens (tertiary/aromatic N) is 1. The molecule has 35 heavy (non-hydrogen) atoms. The number of benzene rings is 4. The molecule has 0 fully saturated rings. The van der Waals surface area contributed by atoms with Crippen molar-refractivity contribution in [1.29, 1.82) is 0 Å². The minimum absolute atomic E-state index is 0.0994. The van der Waals surface area contributed by atoms with Crippen LogP contribution in [0.2, 0.25) is 5.02 Å². The summed E-state index contributed by atoms with van der Waals surface area (Å²) in [7, 11) is 0. The molecule has 4 aromatic rings. The average molecular weight is 481 g/mol. The lowest BCUT2D eigenvalue weighted by Gasteiger charge is -2.24. The number of aryl methyl sites for hydroxylation is 2. The second kappa shape index (κ2) is 9.40. The molecule has 5 rings (SSSR count). The van der Waals surface area contributed by atoms with Crippen LogP contribution in [-0.4, -0.2) is 11.8 Å². The quantitative estimate of drug-likeness (QED) is 0.344. The Morgan fingerprint density at radius 3 is 2.34 bits per heavy atom. The van der Waals surface area contributed by atoms with E-state index in [1.807, 2.05) is 62.4 Å². The van der Waals surface area contributed by atoms with E-state index in [0.717, 1.165) is 34.4 Å². The molecule has 0 aliphatic carbocycles. The molecule has 0 bridgehead atoms. The van der Waals surface area contributed by atoms with E-state index in [4.69, 9.17) is 11.6 Å². The Labute approximate surface area is 210 Å². The van der Waals surface area contributed by atoms with Crippen LogP contribution in [0.15, 0.2) is 84.9 Å². The Kier molecular flexibility index (Phi) is 6.14. The van der Waals surface area contributed by atoms with Gasteiger partial charge in [0, 0.05) is 27.5 Å². The lowest BCUT2D eigenvalue weighted by Crippen LogP contribution is -2.30. The van der Waals surface area contributed by atoms with Crippen molar-refractivity contribution >= 4 is 34.8 Å². The molecule has 4 aromatic carbocycles. The number of amides is 2. The van der Waals surface area contributed by atoms with E-state index in [2.05, 4.69) is 17.4 Å². The Morgan fingerprint density at radius 2 is 1.57 bits per heavy atom. The maximum Gasteiger partial charge on any atom is 0.258 e. The first-order chi connectivity index (χ1) is 16.9. The Bertz CT molecular complexity index is 1440. The summed E-state index contributed by atoms with van der Waals surface area (Å²) in [5.74, 6) is -0.266. The number of hydrogen-bond acceptors (Lipinski definition) is 2. The summed E-state index contributed by atoms with van der Waals surface area (Å²) in [5.41, 5.74) is 7.97. The van der Waals surface area contributed by atoms with Gasteiger partial charge >= 0.3 is 0 Å². The number of fused-ring (bicyclic) bond motifs is 2. The van der Waals surface area contributed by atoms with Gasteiger partial charge in [0.15, 0.2) is 0 Å². The van der Waals surface area contributed by atoms with Crippen LogP contribution in [0.4, 0.5) is 11.4 Å². The zero-order chi connectivity index (χ0) is 24.5.